The van der Waals surface area contributed by atoms with Crippen LogP contribution in [0.1, 0.15) is 42.4 Å². The second kappa shape index (κ2) is 6.89. The molecule has 1 fully saturated rings. The van der Waals surface area contributed by atoms with Gasteiger partial charge in [-0.05, 0) is 50.7 Å². The smallest absolute Gasteiger partial charge is 0.308 e. The first kappa shape index (κ1) is 15.0. The van der Waals surface area contributed by atoms with Gasteiger partial charge >= 0.3 is 5.97 Å². The van der Waals surface area contributed by atoms with E-state index in [0.717, 1.165) is 25.7 Å². The molecule has 0 unspecified atom stereocenters. The molecular formula is C17H24O3. The Morgan fingerprint density at radius 2 is 1.90 bits per heavy atom. The highest BCUT2D eigenvalue weighted by molar-refractivity contribution is 5.72. The molecule has 0 aromatic heterocycles. The van der Waals surface area contributed by atoms with Crippen molar-refractivity contribution in [2.24, 2.45) is 5.92 Å². The Morgan fingerprint density at radius 3 is 2.55 bits per heavy atom. The molecule has 20 heavy (non-hydrogen) atoms. The summed E-state index contributed by atoms with van der Waals surface area (Å²) in [5.41, 5.74) is 3.81. The molecule has 0 radical (unpaired) electrons. The molecule has 3 nitrogen and oxygen atoms in total. The van der Waals surface area contributed by atoms with Crippen LogP contribution in [0.3, 0.4) is 0 Å². The van der Waals surface area contributed by atoms with E-state index in [4.69, 9.17) is 9.47 Å². The standard InChI is InChI=1S/C17H24O3/c1-12-4-5-13(2)15(10-12)11-20-16-8-6-14(7-9-16)17(18)19-3/h4-5,10,14,16H,6-9,11H2,1-3H3. The van der Waals surface area contributed by atoms with E-state index in [-0.39, 0.29) is 18.0 Å². The molecule has 0 atom stereocenters. The highest BCUT2D eigenvalue weighted by Gasteiger charge is 2.27. The van der Waals surface area contributed by atoms with Gasteiger partial charge in [0.25, 0.3) is 0 Å². The first-order valence-electron chi connectivity index (χ1n) is 7.35. The molecule has 0 heterocycles. The Balaban J connectivity index is 1.81. The predicted molar refractivity (Wildman–Crippen MR) is 78.5 cm³/mol. The summed E-state index contributed by atoms with van der Waals surface area (Å²) < 4.78 is 10.8. The first-order chi connectivity index (χ1) is 9.60. The lowest BCUT2D eigenvalue weighted by Crippen LogP contribution is -2.26. The van der Waals surface area contributed by atoms with Gasteiger partial charge in [0.2, 0.25) is 0 Å². The maximum atomic E-state index is 11.5. The summed E-state index contributed by atoms with van der Waals surface area (Å²) in [5, 5.41) is 0. The molecular weight excluding hydrogens is 252 g/mol. The predicted octanol–water partition coefficient (Wildman–Crippen LogP) is 3.55. The molecule has 0 bridgehead atoms. The Morgan fingerprint density at radius 1 is 1.20 bits per heavy atom. The molecule has 2 rings (SSSR count). The summed E-state index contributed by atoms with van der Waals surface area (Å²) in [6.45, 7) is 4.89. The van der Waals surface area contributed by atoms with Crippen molar-refractivity contribution in [3.05, 3.63) is 34.9 Å². The zero-order chi connectivity index (χ0) is 14.5. The van der Waals surface area contributed by atoms with E-state index < -0.39 is 0 Å². The molecule has 0 amide bonds. The molecule has 1 aliphatic rings. The van der Waals surface area contributed by atoms with Crippen molar-refractivity contribution in [2.45, 2.75) is 52.2 Å². The van der Waals surface area contributed by atoms with Gasteiger partial charge in [0.05, 0.1) is 25.7 Å². The van der Waals surface area contributed by atoms with E-state index in [1.54, 1.807) is 0 Å². The summed E-state index contributed by atoms with van der Waals surface area (Å²) in [7, 11) is 1.46. The molecule has 110 valence electrons. The summed E-state index contributed by atoms with van der Waals surface area (Å²) >= 11 is 0. The molecule has 1 saturated carbocycles. The maximum Gasteiger partial charge on any atom is 0.308 e. The van der Waals surface area contributed by atoms with Crippen molar-refractivity contribution in [3.8, 4) is 0 Å². The third-order valence-electron chi connectivity index (χ3n) is 4.19. The van der Waals surface area contributed by atoms with Crippen molar-refractivity contribution < 1.29 is 14.3 Å². The molecule has 0 saturated heterocycles. The topological polar surface area (TPSA) is 35.5 Å². The van der Waals surface area contributed by atoms with E-state index in [2.05, 4.69) is 32.0 Å². The lowest BCUT2D eigenvalue weighted by molar-refractivity contribution is -0.147. The highest BCUT2D eigenvalue weighted by atomic mass is 16.5. The number of esters is 1. The van der Waals surface area contributed by atoms with Crippen LogP contribution >= 0.6 is 0 Å². The average Bonchev–Trinajstić information content (AvgIpc) is 2.48. The number of carbonyl (C=O) groups is 1. The zero-order valence-electron chi connectivity index (χ0n) is 12.6. The molecule has 1 aliphatic carbocycles. The van der Waals surface area contributed by atoms with Crippen molar-refractivity contribution in [2.75, 3.05) is 7.11 Å². The first-order valence-corrected chi connectivity index (χ1v) is 7.35. The van der Waals surface area contributed by atoms with Crippen molar-refractivity contribution >= 4 is 5.97 Å². The Bertz CT molecular complexity index is 459. The molecule has 1 aromatic rings. The minimum absolute atomic E-state index is 0.0700. The SMILES string of the molecule is COC(=O)C1CCC(OCc2cc(C)ccc2C)CC1. The number of carbonyl (C=O) groups excluding carboxylic acids is 1. The lowest BCUT2D eigenvalue weighted by Gasteiger charge is -2.27. The van der Waals surface area contributed by atoms with Crippen LogP contribution in [0.5, 0.6) is 0 Å². The summed E-state index contributed by atoms with van der Waals surface area (Å²) in [4.78, 5) is 11.5. The van der Waals surface area contributed by atoms with E-state index in [0.29, 0.717) is 6.61 Å². The third-order valence-corrected chi connectivity index (χ3v) is 4.19. The van der Waals surface area contributed by atoms with Crippen LogP contribution in [0.25, 0.3) is 0 Å². The van der Waals surface area contributed by atoms with Crippen LogP contribution in [-0.4, -0.2) is 19.2 Å². The number of ether oxygens (including phenoxy) is 2. The van der Waals surface area contributed by atoms with E-state index in [1.807, 2.05) is 0 Å². The van der Waals surface area contributed by atoms with E-state index in [9.17, 15) is 4.79 Å². The van der Waals surface area contributed by atoms with Gasteiger partial charge in [-0.25, -0.2) is 0 Å². The second-order valence-electron chi connectivity index (χ2n) is 5.74. The normalized spacial score (nSPS) is 22.6. The number of rotatable bonds is 4. The van der Waals surface area contributed by atoms with Gasteiger partial charge in [-0.3, -0.25) is 4.79 Å². The molecule has 0 spiro atoms. The van der Waals surface area contributed by atoms with Crippen LogP contribution in [0.4, 0.5) is 0 Å². The van der Waals surface area contributed by atoms with Gasteiger partial charge in [0.15, 0.2) is 0 Å². The largest absolute Gasteiger partial charge is 0.469 e. The minimum atomic E-state index is -0.0713. The summed E-state index contributed by atoms with van der Waals surface area (Å²) in [5.74, 6) is -0.00136. The maximum absolute atomic E-state index is 11.5. The van der Waals surface area contributed by atoms with Gasteiger partial charge in [-0.1, -0.05) is 23.8 Å². The van der Waals surface area contributed by atoms with Gasteiger partial charge in [0, 0.05) is 0 Å². The molecule has 0 N–H and O–H groups in total. The minimum Gasteiger partial charge on any atom is -0.469 e. The molecule has 1 aromatic carbocycles. The monoisotopic (exact) mass is 276 g/mol. The van der Waals surface area contributed by atoms with Crippen molar-refractivity contribution in [3.63, 3.8) is 0 Å². The zero-order valence-corrected chi connectivity index (χ0v) is 12.6. The van der Waals surface area contributed by atoms with Crippen LogP contribution in [0, 0.1) is 19.8 Å². The van der Waals surface area contributed by atoms with E-state index in [1.165, 1.54) is 23.8 Å². The number of hydrogen-bond donors (Lipinski definition) is 0. The van der Waals surface area contributed by atoms with Crippen molar-refractivity contribution in [1.82, 2.24) is 0 Å². The molecule has 3 heteroatoms. The Kier molecular flexibility index (Phi) is 5.18. The number of aryl methyl sites for hydroxylation is 2. The van der Waals surface area contributed by atoms with Gasteiger partial charge in [-0.2, -0.15) is 0 Å². The van der Waals surface area contributed by atoms with Crippen molar-refractivity contribution in [1.29, 1.82) is 0 Å². The highest BCUT2D eigenvalue weighted by Crippen LogP contribution is 2.28. The Labute approximate surface area is 121 Å². The fraction of sp³-hybridized carbons (Fsp3) is 0.588. The van der Waals surface area contributed by atoms with Crippen LogP contribution in [0.2, 0.25) is 0 Å². The van der Waals surface area contributed by atoms with Gasteiger partial charge in [-0.15, -0.1) is 0 Å². The fourth-order valence-electron chi connectivity index (χ4n) is 2.80. The average molecular weight is 276 g/mol. The van der Waals surface area contributed by atoms with Crippen LogP contribution in [-0.2, 0) is 20.9 Å². The molecule has 0 aliphatic heterocycles. The van der Waals surface area contributed by atoms with Crippen LogP contribution < -0.4 is 0 Å². The fourth-order valence-corrected chi connectivity index (χ4v) is 2.80. The lowest BCUT2D eigenvalue weighted by atomic mass is 9.87. The van der Waals surface area contributed by atoms with E-state index >= 15 is 0 Å². The summed E-state index contributed by atoms with van der Waals surface area (Å²) in [6.07, 6.45) is 3.93. The number of benzene rings is 1. The number of methoxy groups -OCH3 is 1. The number of hydrogen-bond acceptors (Lipinski definition) is 3. The quantitative estimate of drug-likeness (QED) is 0.789. The summed E-state index contributed by atoms with van der Waals surface area (Å²) in [6, 6.07) is 6.46. The van der Waals surface area contributed by atoms with Crippen LogP contribution in [0.15, 0.2) is 18.2 Å². The van der Waals surface area contributed by atoms with Gasteiger partial charge in [0.1, 0.15) is 0 Å². The van der Waals surface area contributed by atoms with Gasteiger partial charge < -0.3 is 9.47 Å². The third kappa shape index (κ3) is 3.83. The second-order valence-corrected chi connectivity index (χ2v) is 5.74. The Hall–Kier alpha value is -1.35.